The normalized spacial score (nSPS) is 20.4. The lowest BCUT2D eigenvalue weighted by molar-refractivity contribution is 0.0475. The number of rotatable bonds is 4. The molecule has 0 spiro atoms. The molecule has 1 aliphatic carbocycles. The Hall–Kier alpha value is -2.31. The van der Waals surface area contributed by atoms with Gasteiger partial charge < -0.3 is 15.4 Å². The summed E-state index contributed by atoms with van der Waals surface area (Å²) in [5.74, 6) is 1.29. The summed E-state index contributed by atoms with van der Waals surface area (Å²) in [5.41, 5.74) is 1.41. The first kappa shape index (κ1) is 17.5. The van der Waals surface area contributed by atoms with E-state index in [4.69, 9.17) is 4.74 Å². The number of amides is 1. The highest BCUT2D eigenvalue weighted by Crippen LogP contribution is 2.26. The highest BCUT2D eigenvalue weighted by Gasteiger charge is 2.32. The monoisotopic (exact) mass is 345 g/mol. The molecular formula is C18H27N5O2. The Morgan fingerprint density at radius 1 is 1.32 bits per heavy atom. The standard InChI is InChI=1S/C18H27N5O2/c1-11(2)14-10-16(23-15(22-14)6-7-19-23)20-12-8-13(9-12)21-17(24)25-18(3,4)5/h6-7,10-13,20H,8-9H2,1-5H3,(H,21,24). The third-order valence-corrected chi connectivity index (χ3v) is 4.18. The molecule has 25 heavy (non-hydrogen) atoms. The van der Waals surface area contributed by atoms with Gasteiger partial charge in [-0.15, -0.1) is 0 Å². The van der Waals surface area contributed by atoms with Gasteiger partial charge in [0, 0.05) is 29.9 Å². The molecule has 1 saturated carbocycles. The van der Waals surface area contributed by atoms with E-state index in [9.17, 15) is 4.79 Å². The average molecular weight is 345 g/mol. The van der Waals surface area contributed by atoms with Gasteiger partial charge in [-0.05, 0) is 39.5 Å². The molecule has 7 heteroatoms. The zero-order valence-corrected chi connectivity index (χ0v) is 15.5. The third kappa shape index (κ3) is 4.21. The van der Waals surface area contributed by atoms with Crippen molar-refractivity contribution in [3.05, 3.63) is 24.0 Å². The van der Waals surface area contributed by atoms with Crippen molar-refractivity contribution in [2.24, 2.45) is 0 Å². The quantitative estimate of drug-likeness (QED) is 0.888. The predicted molar refractivity (Wildman–Crippen MR) is 96.9 cm³/mol. The molecule has 0 aromatic carbocycles. The van der Waals surface area contributed by atoms with Gasteiger partial charge in [0.15, 0.2) is 5.65 Å². The van der Waals surface area contributed by atoms with Crippen molar-refractivity contribution in [2.45, 2.75) is 71.1 Å². The smallest absolute Gasteiger partial charge is 0.407 e. The van der Waals surface area contributed by atoms with Crippen LogP contribution in [0.4, 0.5) is 10.6 Å². The van der Waals surface area contributed by atoms with Crippen LogP contribution in [0.25, 0.3) is 5.65 Å². The summed E-state index contributed by atoms with van der Waals surface area (Å²) < 4.78 is 7.11. The molecule has 2 heterocycles. The maximum atomic E-state index is 11.8. The number of hydrogen-bond donors (Lipinski definition) is 2. The molecule has 2 N–H and O–H groups in total. The van der Waals surface area contributed by atoms with E-state index in [1.54, 1.807) is 6.20 Å². The molecule has 7 nitrogen and oxygen atoms in total. The van der Waals surface area contributed by atoms with E-state index in [0.29, 0.717) is 12.0 Å². The Balaban J connectivity index is 1.59. The summed E-state index contributed by atoms with van der Waals surface area (Å²) >= 11 is 0. The van der Waals surface area contributed by atoms with Crippen LogP contribution in [0.2, 0.25) is 0 Å². The molecule has 2 aromatic rings. The number of nitrogens with one attached hydrogen (secondary N) is 2. The van der Waals surface area contributed by atoms with Crippen molar-refractivity contribution in [3.8, 4) is 0 Å². The topological polar surface area (TPSA) is 80.5 Å². The lowest BCUT2D eigenvalue weighted by Gasteiger charge is -2.37. The van der Waals surface area contributed by atoms with E-state index < -0.39 is 5.60 Å². The van der Waals surface area contributed by atoms with E-state index in [2.05, 4.69) is 40.6 Å². The van der Waals surface area contributed by atoms with E-state index >= 15 is 0 Å². The minimum atomic E-state index is -0.471. The van der Waals surface area contributed by atoms with Crippen LogP contribution in [0.15, 0.2) is 18.3 Å². The first-order valence-corrected chi connectivity index (χ1v) is 8.82. The maximum absolute atomic E-state index is 11.8. The highest BCUT2D eigenvalue weighted by atomic mass is 16.6. The van der Waals surface area contributed by atoms with Crippen LogP contribution in [0, 0.1) is 0 Å². The van der Waals surface area contributed by atoms with Crippen LogP contribution in [-0.2, 0) is 4.74 Å². The van der Waals surface area contributed by atoms with E-state index in [1.807, 2.05) is 31.4 Å². The maximum Gasteiger partial charge on any atom is 0.407 e. The lowest BCUT2D eigenvalue weighted by atomic mass is 9.87. The van der Waals surface area contributed by atoms with Crippen LogP contribution >= 0.6 is 0 Å². The second kappa shape index (κ2) is 6.54. The Labute approximate surface area is 148 Å². The summed E-state index contributed by atoms with van der Waals surface area (Å²) in [6.45, 7) is 9.85. The molecular weight excluding hydrogens is 318 g/mol. The fraction of sp³-hybridized carbons (Fsp3) is 0.611. The summed E-state index contributed by atoms with van der Waals surface area (Å²) in [5, 5.41) is 10.8. The first-order valence-electron chi connectivity index (χ1n) is 8.82. The van der Waals surface area contributed by atoms with Crippen LogP contribution in [0.3, 0.4) is 0 Å². The Kier molecular flexibility index (Phi) is 4.58. The zero-order chi connectivity index (χ0) is 18.2. The Bertz CT molecular complexity index is 756. The van der Waals surface area contributed by atoms with Crippen LogP contribution < -0.4 is 10.6 Å². The van der Waals surface area contributed by atoms with Gasteiger partial charge in [0.25, 0.3) is 0 Å². The number of fused-ring (bicyclic) bond motifs is 1. The number of nitrogens with zero attached hydrogens (tertiary/aromatic N) is 3. The molecule has 0 radical (unpaired) electrons. The number of carbonyl (C=O) groups is 1. The number of carbonyl (C=O) groups excluding carboxylic acids is 1. The highest BCUT2D eigenvalue weighted by molar-refractivity contribution is 5.68. The number of anilines is 1. The van der Waals surface area contributed by atoms with Gasteiger partial charge in [-0.2, -0.15) is 9.61 Å². The molecule has 0 aliphatic heterocycles. The largest absolute Gasteiger partial charge is 0.444 e. The van der Waals surface area contributed by atoms with Gasteiger partial charge in [-0.1, -0.05) is 13.8 Å². The van der Waals surface area contributed by atoms with Crippen LogP contribution in [0.1, 0.15) is 59.1 Å². The van der Waals surface area contributed by atoms with Crippen molar-refractivity contribution < 1.29 is 9.53 Å². The second-order valence-electron chi connectivity index (χ2n) is 7.98. The van der Waals surface area contributed by atoms with Crippen LogP contribution in [-0.4, -0.2) is 38.4 Å². The number of alkyl carbamates (subject to hydrolysis) is 1. The Morgan fingerprint density at radius 3 is 2.68 bits per heavy atom. The summed E-state index contributed by atoms with van der Waals surface area (Å²) in [7, 11) is 0. The van der Waals surface area contributed by atoms with Gasteiger partial charge in [-0.25, -0.2) is 9.78 Å². The van der Waals surface area contributed by atoms with E-state index in [0.717, 1.165) is 30.0 Å². The molecule has 0 saturated heterocycles. The fourth-order valence-corrected chi connectivity index (χ4v) is 2.87. The fourth-order valence-electron chi connectivity index (χ4n) is 2.87. The lowest BCUT2D eigenvalue weighted by Crippen LogP contribution is -2.50. The molecule has 136 valence electrons. The van der Waals surface area contributed by atoms with Crippen molar-refractivity contribution in [1.29, 1.82) is 0 Å². The second-order valence-corrected chi connectivity index (χ2v) is 7.98. The molecule has 0 atom stereocenters. The van der Waals surface area contributed by atoms with Gasteiger partial charge in [0.1, 0.15) is 11.4 Å². The predicted octanol–water partition coefficient (Wildman–Crippen LogP) is 3.32. The minimum absolute atomic E-state index is 0.145. The molecule has 2 aromatic heterocycles. The molecule has 1 amide bonds. The van der Waals surface area contributed by atoms with Gasteiger partial charge >= 0.3 is 6.09 Å². The SMILES string of the molecule is CC(C)c1cc(NC2CC(NC(=O)OC(C)(C)C)C2)n2nccc2n1. The molecule has 1 fully saturated rings. The van der Waals surface area contributed by atoms with Gasteiger partial charge in [-0.3, -0.25) is 0 Å². The zero-order valence-electron chi connectivity index (χ0n) is 15.5. The van der Waals surface area contributed by atoms with Crippen molar-refractivity contribution >= 4 is 17.6 Å². The first-order chi connectivity index (χ1) is 11.7. The number of ether oxygens (including phenoxy) is 1. The Morgan fingerprint density at radius 2 is 2.04 bits per heavy atom. The van der Waals surface area contributed by atoms with E-state index in [-0.39, 0.29) is 12.1 Å². The summed E-state index contributed by atoms with van der Waals surface area (Å²) in [6.07, 6.45) is 3.13. The van der Waals surface area contributed by atoms with Gasteiger partial charge in [0.05, 0.1) is 6.20 Å². The van der Waals surface area contributed by atoms with Gasteiger partial charge in [0.2, 0.25) is 0 Å². The molecule has 0 bridgehead atoms. The minimum Gasteiger partial charge on any atom is -0.444 e. The summed E-state index contributed by atoms with van der Waals surface area (Å²) in [6, 6.07) is 4.41. The van der Waals surface area contributed by atoms with Crippen molar-refractivity contribution in [3.63, 3.8) is 0 Å². The number of aromatic nitrogens is 3. The molecule has 3 rings (SSSR count). The van der Waals surface area contributed by atoms with E-state index in [1.165, 1.54) is 0 Å². The molecule has 1 aliphatic rings. The average Bonchev–Trinajstić information content (AvgIpc) is 2.91. The van der Waals surface area contributed by atoms with Crippen molar-refractivity contribution in [2.75, 3.05) is 5.32 Å². The third-order valence-electron chi connectivity index (χ3n) is 4.18. The molecule has 0 unspecified atom stereocenters. The van der Waals surface area contributed by atoms with Crippen molar-refractivity contribution in [1.82, 2.24) is 19.9 Å². The van der Waals surface area contributed by atoms with Crippen LogP contribution in [0.5, 0.6) is 0 Å². The number of hydrogen-bond acceptors (Lipinski definition) is 5. The summed E-state index contributed by atoms with van der Waals surface area (Å²) in [4.78, 5) is 16.4.